The monoisotopic (exact) mass is 317 g/mol. The van der Waals surface area contributed by atoms with Crippen LogP contribution in [0.5, 0.6) is 0 Å². The van der Waals surface area contributed by atoms with Gasteiger partial charge in [-0.2, -0.15) is 0 Å². The Morgan fingerprint density at radius 3 is 2.56 bits per heavy atom. The van der Waals surface area contributed by atoms with E-state index >= 15 is 0 Å². The first-order valence-corrected chi connectivity index (χ1v) is 6.58. The van der Waals surface area contributed by atoms with Crippen LogP contribution in [0.25, 0.3) is 0 Å². The zero-order valence-electron chi connectivity index (χ0n) is 8.52. The van der Waals surface area contributed by atoms with Gasteiger partial charge < -0.3 is 4.90 Å². The number of rotatable bonds is 3. The molecule has 0 spiro atoms. The van der Waals surface area contributed by atoms with Crippen LogP contribution in [0.2, 0.25) is 5.02 Å². The van der Waals surface area contributed by atoms with Gasteiger partial charge in [0, 0.05) is 18.6 Å². The Hall–Kier alpha value is -0.650. The van der Waals surface area contributed by atoms with E-state index in [0.29, 0.717) is 0 Å². The molecule has 0 atom stereocenters. The molecule has 16 heavy (non-hydrogen) atoms. The highest BCUT2D eigenvalue weighted by atomic mass is 79.9. The van der Waals surface area contributed by atoms with Crippen LogP contribution in [-0.2, 0) is 6.54 Å². The van der Waals surface area contributed by atoms with Crippen molar-refractivity contribution < 1.29 is 0 Å². The lowest BCUT2D eigenvalue weighted by molar-refractivity contribution is 0.892. The third-order valence-electron chi connectivity index (χ3n) is 2.05. The van der Waals surface area contributed by atoms with E-state index in [1.54, 1.807) is 0 Å². The fourth-order valence-corrected chi connectivity index (χ4v) is 2.46. The standard InChI is InChI=1S/C10H9BrClN3S/c1-15(10-14-13-9(11)16-10)6-7-2-4-8(12)5-3-7/h2-5H,6H2,1H3. The second-order valence-corrected chi connectivity index (χ2v) is 5.99. The first kappa shape index (κ1) is 11.8. The largest absolute Gasteiger partial charge is 0.345 e. The predicted molar refractivity (Wildman–Crippen MR) is 71.2 cm³/mol. The Balaban J connectivity index is 2.07. The summed E-state index contributed by atoms with van der Waals surface area (Å²) in [6.07, 6.45) is 0. The lowest BCUT2D eigenvalue weighted by Crippen LogP contribution is -2.15. The summed E-state index contributed by atoms with van der Waals surface area (Å²) in [6.45, 7) is 0.790. The van der Waals surface area contributed by atoms with Crippen molar-refractivity contribution in [2.45, 2.75) is 6.54 Å². The van der Waals surface area contributed by atoms with Crippen LogP contribution < -0.4 is 4.90 Å². The van der Waals surface area contributed by atoms with Crippen molar-refractivity contribution in [2.75, 3.05) is 11.9 Å². The van der Waals surface area contributed by atoms with E-state index in [4.69, 9.17) is 11.6 Å². The fourth-order valence-electron chi connectivity index (χ4n) is 1.28. The molecule has 6 heteroatoms. The highest BCUT2D eigenvalue weighted by Crippen LogP contribution is 2.24. The Kier molecular flexibility index (Phi) is 3.78. The molecule has 0 aliphatic heterocycles. The molecule has 0 bridgehead atoms. The van der Waals surface area contributed by atoms with E-state index in [1.807, 2.05) is 36.2 Å². The van der Waals surface area contributed by atoms with Crippen LogP contribution in [0.15, 0.2) is 28.2 Å². The van der Waals surface area contributed by atoms with E-state index in [9.17, 15) is 0 Å². The first-order chi connectivity index (χ1) is 7.65. The minimum absolute atomic E-state index is 0.755. The molecule has 0 aliphatic carbocycles. The van der Waals surface area contributed by atoms with E-state index in [-0.39, 0.29) is 0 Å². The Morgan fingerprint density at radius 1 is 1.31 bits per heavy atom. The van der Waals surface area contributed by atoms with Gasteiger partial charge in [0.15, 0.2) is 3.92 Å². The summed E-state index contributed by atoms with van der Waals surface area (Å²) < 4.78 is 0.797. The van der Waals surface area contributed by atoms with Gasteiger partial charge in [0.05, 0.1) is 0 Å². The van der Waals surface area contributed by atoms with Gasteiger partial charge in [-0.25, -0.2) is 0 Å². The van der Waals surface area contributed by atoms with E-state index in [1.165, 1.54) is 16.9 Å². The van der Waals surface area contributed by atoms with Gasteiger partial charge in [-0.15, -0.1) is 10.2 Å². The van der Waals surface area contributed by atoms with E-state index in [2.05, 4.69) is 26.1 Å². The molecule has 0 aliphatic rings. The minimum atomic E-state index is 0.755. The first-order valence-electron chi connectivity index (χ1n) is 4.60. The number of hydrogen-bond donors (Lipinski definition) is 0. The van der Waals surface area contributed by atoms with Crippen LogP contribution in [0.3, 0.4) is 0 Å². The highest BCUT2D eigenvalue weighted by Gasteiger charge is 2.07. The van der Waals surface area contributed by atoms with Crippen LogP contribution in [0.4, 0.5) is 5.13 Å². The van der Waals surface area contributed by atoms with Gasteiger partial charge in [0.2, 0.25) is 5.13 Å². The van der Waals surface area contributed by atoms with Crippen molar-refractivity contribution in [2.24, 2.45) is 0 Å². The predicted octanol–water partition coefficient (Wildman–Crippen LogP) is 3.59. The van der Waals surface area contributed by atoms with Crippen LogP contribution in [0, 0.1) is 0 Å². The third-order valence-corrected chi connectivity index (χ3v) is 3.77. The average molecular weight is 319 g/mol. The average Bonchev–Trinajstić information content (AvgIpc) is 2.68. The molecule has 0 saturated carbocycles. The second-order valence-electron chi connectivity index (χ2n) is 3.32. The molecular weight excluding hydrogens is 310 g/mol. The summed E-state index contributed by atoms with van der Waals surface area (Å²) >= 11 is 10.6. The quantitative estimate of drug-likeness (QED) is 0.866. The normalized spacial score (nSPS) is 10.4. The number of anilines is 1. The molecule has 0 saturated heterocycles. The smallest absolute Gasteiger partial charge is 0.209 e. The summed E-state index contributed by atoms with van der Waals surface area (Å²) in [5.41, 5.74) is 1.19. The molecule has 0 N–H and O–H groups in total. The third kappa shape index (κ3) is 2.93. The van der Waals surface area contributed by atoms with Crippen LogP contribution in [0.1, 0.15) is 5.56 Å². The molecule has 0 radical (unpaired) electrons. The summed E-state index contributed by atoms with van der Waals surface area (Å²) in [4.78, 5) is 2.05. The molecule has 0 amide bonds. The molecule has 2 aromatic rings. The van der Waals surface area contributed by atoms with Gasteiger partial charge in [-0.3, -0.25) is 0 Å². The molecule has 0 fully saturated rings. The minimum Gasteiger partial charge on any atom is -0.345 e. The second kappa shape index (κ2) is 5.12. The van der Waals surface area contributed by atoms with Gasteiger partial charge in [-0.1, -0.05) is 35.1 Å². The van der Waals surface area contributed by atoms with Crippen molar-refractivity contribution in [3.8, 4) is 0 Å². The lowest BCUT2D eigenvalue weighted by Gasteiger charge is -2.14. The topological polar surface area (TPSA) is 29.0 Å². The highest BCUT2D eigenvalue weighted by molar-refractivity contribution is 9.11. The molecule has 2 rings (SSSR count). The van der Waals surface area contributed by atoms with E-state index in [0.717, 1.165) is 20.6 Å². The fraction of sp³-hybridized carbons (Fsp3) is 0.200. The number of hydrogen-bond acceptors (Lipinski definition) is 4. The number of benzene rings is 1. The molecule has 1 aromatic heterocycles. The summed E-state index contributed by atoms with van der Waals surface area (Å²) in [7, 11) is 1.99. The maximum atomic E-state index is 5.83. The summed E-state index contributed by atoms with van der Waals surface area (Å²) in [5.74, 6) is 0. The van der Waals surface area contributed by atoms with Crippen molar-refractivity contribution in [3.05, 3.63) is 38.8 Å². The molecule has 1 aromatic carbocycles. The zero-order chi connectivity index (χ0) is 11.5. The van der Waals surface area contributed by atoms with Crippen molar-refractivity contribution in [3.63, 3.8) is 0 Å². The maximum absolute atomic E-state index is 5.83. The number of nitrogens with zero attached hydrogens (tertiary/aromatic N) is 3. The van der Waals surface area contributed by atoms with Crippen molar-refractivity contribution in [1.29, 1.82) is 0 Å². The molecule has 84 valence electrons. The molecule has 1 heterocycles. The Bertz CT molecular complexity index is 471. The van der Waals surface area contributed by atoms with Crippen LogP contribution in [-0.4, -0.2) is 17.2 Å². The molecular formula is C10H9BrClN3S. The lowest BCUT2D eigenvalue weighted by atomic mass is 10.2. The maximum Gasteiger partial charge on any atom is 0.209 e. The van der Waals surface area contributed by atoms with Gasteiger partial charge in [-0.05, 0) is 33.6 Å². The van der Waals surface area contributed by atoms with Crippen molar-refractivity contribution >= 4 is 44.0 Å². The number of halogens is 2. The Labute approximate surface area is 111 Å². The van der Waals surface area contributed by atoms with Crippen molar-refractivity contribution in [1.82, 2.24) is 10.2 Å². The summed E-state index contributed by atoms with van der Waals surface area (Å²) in [6, 6.07) is 7.80. The molecule has 3 nitrogen and oxygen atoms in total. The van der Waals surface area contributed by atoms with Gasteiger partial charge in [0.1, 0.15) is 0 Å². The van der Waals surface area contributed by atoms with Gasteiger partial charge in [0.25, 0.3) is 0 Å². The molecule has 0 unspecified atom stereocenters. The zero-order valence-corrected chi connectivity index (χ0v) is 11.7. The van der Waals surface area contributed by atoms with E-state index < -0.39 is 0 Å². The van der Waals surface area contributed by atoms with Crippen LogP contribution >= 0.6 is 38.9 Å². The van der Waals surface area contributed by atoms with Gasteiger partial charge >= 0.3 is 0 Å². The summed E-state index contributed by atoms with van der Waals surface area (Å²) in [5, 5.41) is 9.61. The SMILES string of the molecule is CN(Cc1ccc(Cl)cc1)c1nnc(Br)s1. The Morgan fingerprint density at radius 2 is 2.00 bits per heavy atom. The number of aromatic nitrogens is 2.